The normalized spacial score (nSPS) is 12.8. The molecular formula is C14H19ClIN3S. The van der Waals surface area contributed by atoms with Crippen molar-refractivity contribution in [2.45, 2.75) is 32.7 Å². The number of hydrogen-bond acceptors (Lipinski definition) is 3. The molecule has 0 aromatic carbocycles. The minimum atomic E-state index is 0.289. The summed E-state index contributed by atoms with van der Waals surface area (Å²) in [6, 6.07) is 2.53. The van der Waals surface area contributed by atoms with Crippen LogP contribution >= 0.6 is 45.5 Å². The van der Waals surface area contributed by atoms with Crippen LogP contribution in [0.15, 0.2) is 11.4 Å². The van der Waals surface area contributed by atoms with Crippen molar-refractivity contribution in [2.24, 2.45) is 7.05 Å². The van der Waals surface area contributed by atoms with Gasteiger partial charge in [-0.25, -0.2) is 0 Å². The molecule has 0 amide bonds. The molecule has 2 rings (SSSR count). The summed E-state index contributed by atoms with van der Waals surface area (Å²) in [5, 5.41) is 11.1. The molecule has 0 radical (unpaired) electrons. The molecule has 2 heterocycles. The number of likely N-dealkylation sites (N-methyl/N-ethyl adjacent to an activating group) is 1. The molecule has 0 saturated carbocycles. The predicted molar refractivity (Wildman–Crippen MR) is 94.8 cm³/mol. The third-order valence-electron chi connectivity index (χ3n) is 3.34. The third kappa shape index (κ3) is 3.55. The van der Waals surface area contributed by atoms with E-state index in [1.165, 1.54) is 8.45 Å². The molecule has 1 atom stereocenters. The van der Waals surface area contributed by atoms with Gasteiger partial charge in [0, 0.05) is 19.5 Å². The highest BCUT2D eigenvalue weighted by molar-refractivity contribution is 14.1. The number of aromatic nitrogens is 2. The number of nitrogens with zero attached hydrogens (tertiary/aromatic N) is 2. The predicted octanol–water partition coefficient (Wildman–Crippen LogP) is 4.20. The molecule has 0 saturated heterocycles. The van der Waals surface area contributed by atoms with E-state index in [0.29, 0.717) is 0 Å². The lowest BCUT2D eigenvalue weighted by Crippen LogP contribution is -2.23. The first kappa shape index (κ1) is 16.3. The Labute approximate surface area is 142 Å². The van der Waals surface area contributed by atoms with Gasteiger partial charge in [0.1, 0.15) is 0 Å². The molecule has 1 N–H and O–H groups in total. The van der Waals surface area contributed by atoms with Crippen LogP contribution in [0.3, 0.4) is 0 Å². The Bertz CT molecular complexity index is 579. The van der Waals surface area contributed by atoms with Crippen LogP contribution < -0.4 is 5.32 Å². The summed E-state index contributed by atoms with van der Waals surface area (Å²) in [4.78, 5) is 0. The van der Waals surface area contributed by atoms with Gasteiger partial charge in [-0.15, -0.1) is 11.3 Å². The van der Waals surface area contributed by atoms with Crippen molar-refractivity contribution >= 4 is 45.5 Å². The second-order valence-corrected chi connectivity index (χ2v) is 7.87. The Morgan fingerprint density at radius 1 is 1.50 bits per heavy atom. The summed E-state index contributed by atoms with van der Waals surface area (Å²) in [5.41, 5.74) is 3.42. The molecule has 110 valence electrons. The molecule has 0 aliphatic heterocycles. The van der Waals surface area contributed by atoms with E-state index in [-0.39, 0.29) is 6.04 Å². The molecule has 0 bridgehead atoms. The second kappa shape index (κ2) is 7.24. The molecule has 2 aromatic heterocycles. The van der Waals surface area contributed by atoms with Gasteiger partial charge in [-0.3, -0.25) is 4.68 Å². The largest absolute Gasteiger partial charge is 0.310 e. The first-order valence-corrected chi connectivity index (χ1v) is 9.08. The van der Waals surface area contributed by atoms with Crippen LogP contribution in [0.5, 0.6) is 0 Å². The highest BCUT2D eigenvalue weighted by Crippen LogP contribution is 2.29. The molecule has 0 fully saturated rings. The van der Waals surface area contributed by atoms with Crippen molar-refractivity contribution in [3.05, 3.63) is 36.3 Å². The molecule has 20 heavy (non-hydrogen) atoms. The standard InChI is InChI=1S/C14H19ClIN3S/c1-4-10-14(15)12(19(3)18-10)7-11(17-5-2)9-6-13(16)20-8-9/h6,8,11,17H,4-5,7H2,1-3H3. The van der Waals surface area contributed by atoms with Crippen molar-refractivity contribution in [2.75, 3.05) is 6.54 Å². The summed E-state index contributed by atoms with van der Waals surface area (Å²) >= 11 is 10.6. The van der Waals surface area contributed by atoms with Crippen molar-refractivity contribution in [1.29, 1.82) is 0 Å². The fourth-order valence-corrected chi connectivity index (χ4v) is 4.09. The lowest BCUT2D eigenvalue weighted by Gasteiger charge is -2.17. The fraction of sp³-hybridized carbons (Fsp3) is 0.500. The van der Waals surface area contributed by atoms with Gasteiger partial charge in [0.2, 0.25) is 0 Å². The molecule has 0 aliphatic carbocycles. The van der Waals surface area contributed by atoms with E-state index in [4.69, 9.17) is 11.6 Å². The van der Waals surface area contributed by atoms with Crippen molar-refractivity contribution in [3.8, 4) is 0 Å². The first-order chi connectivity index (χ1) is 9.56. The number of aryl methyl sites for hydroxylation is 2. The summed E-state index contributed by atoms with van der Waals surface area (Å²) < 4.78 is 3.23. The van der Waals surface area contributed by atoms with Gasteiger partial charge < -0.3 is 5.32 Å². The average Bonchev–Trinajstić information content (AvgIpc) is 2.96. The van der Waals surface area contributed by atoms with Crippen LogP contribution in [0.4, 0.5) is 0 Å². The van der Waals surface area contributed by atoms with Crippen LogP contribution in [0, 0.1) is 2.88 Å². The molecule has 3 nitrogen and oxygen atoms in total. The third-order valence-corrected chi connectivity index (χ3v) is 5.58. The van der Waals surface area contributed by atoms with Crippen LogP contribution in [-0.2, 0) is 19.9 Å². The van der Waals surface area contributed by atoms with Crippen LogP contribution in [-0.4, -0.2) is 16.3 Å². The quantitative estimate of drug-likeness (QED) is 0.706. The van der Waals surface area contributed by atoms with E-state index in [2.05, 4.69) is 58.3 Å². The van der Waals surface area contributed by atoms with Crippen molar-refractivity contribution in [3.63, 3.8) is 0 Å². The van der Waals surface area contributed by atoms with Gasteiger partial charge in [-0.2, -0.15) is 5.10 Å². The Kier molecular flexibility index (Phi) is 5.89. The maximum atomic E-state index is 6.46. The van der Waals surface area contributed by atoms with Crippen LogP contribution in [0.25, 0.3) is 0 Å². The number of halogens is 2. The Balaban J connectivity index is 2.26. The van der Waals surface area contributed by atoms with Gasteiger partial charge in [0.25, 0.3) is 0 Å². The summed E-state index contributed by atoms with van der Waals surface area (Å²) in [6.45, 7) is 5.15. The van der Waals surface area contributed by atoms with Crippen LogP contribution in [0.1, 0.15) is 36.8 Å². The van der Waals surface area contributed by atoms with Crippen molar-refractivity contribution in [1.82, 2.24) is 15.1 Å². The zero-order chi connectivity index (χ0) is 14.7. The second-order valence-electron chi connectivity index (χ2n) is 4.68. The van der Waals surface area contributed by atoms with E-state index in [9.17, 15) is 0 Å². The van der Waals surface area contributed by atoms with Gasteiger partial charge in [0.15, 0.2) is 0 Å². The maximum Gasteiger partial charge on any atom is 0.0850 e. The minimum absolute atomic E-state index is 0.289. The monoisotopic (exact) mass is 423 g/mol. The van der Waals surface area contributed by atoms with Gasteiger partial charge in [0.05, 0.1) is 19.3 Å². The molecule has 6 heteroatoms. The van der Waals surface area contributed by atoms with Crippen LogP contribution in [0.2, 0.25) is 5.02 Å². The van der Waals surface area contributed by atoms with E-state index in [0.717, 1.165) is 35.8 Å². The molecule has 2 aromatic rings. The smallest absolute Gasteiger partial charge is 0.0850 e. The van der Waals surface area contributed by atoms with Gasteiger partial charge >= 0.3 is 0 Å². The number of hydrogen-bond donors (Lipinski definition) is 1. The SMILES string of the molecule is CCNC(Cc1c(Cl)c(CC)nn1C)c1csc(I)c1. The Hall–Kier alpha value is -0.110. The summed E-state index contributed by atoms with van der Waals surface area (Å²) in [7, 11) is 1.97. The number of rotatable bonds is 6. The molecule has 0 aliphatic rings. The highest BCUT2D eigenvalue weighted by atomic mass is 127. The summed E-state index contributed by atoms with van der Waals surface area (Å²) in [6.07, 6.45) is 1.73. The Morgan fingerprint density at radius 2 is 2.25 bits per heavy atom. The minimum Gasteiger partial charge on any atom is -0.310 e. The maximum absolute atomic E-state index is 6.46. The lowest BCUT2D eigenvalue weighted by molar-refractivity contribution is 0.530. The van der Waals surface area contributed by atoms with E-state index >= 15 is 0 Å². The summed E-state index contributed by atoms with van der Waals surface area (Å²) in [5.74, 6) is 0. The molecule has 0 spiro atoms. The van der Waals surface area contributed by atoms with Gasteiger partial charge in [-0.05, 0) is 52.6 Å². The average molecular weight is 424 g/mol. The zero-order valence-electron chi connectivity index (χ0n) is 11.9. The lowest BCUT2D eigenvalue weighted by atomic mass is 10.0. The number of nitrogens with one attached hydrogen (secondary N) is 1. The Morgan fingerprint density at radius 3 is 2.75 bits per heavy atom. The fourth-order valence-electron chi connectivity index (χ4n) is 2.30. The van der Waals surface area contributed by atoms with E-state index in [1.807, 2.05) is 11.7 Å². The van der Waals surface area contributed by atoms with Crippen molar-refractivity contribution < 1.29 is 0 Å². The highest BCUT2D eigenvalue weighted by Gasteiger charge is 2.19. The molecular weight excluding hydrogens is 405 g/mol. The molecule has 1 unspecified atom stereocenters. The van der Waals surface area contributed by atoms with E-state index in [1.54, 1.807) is 11.3 Å². The number of thiophene rings is 1. The first-order valence-electron chi connectivity index (χ1n) is 6.74. The topological polar surface area (TPSA) is 29.9 Å². The zero-order valence-corrected chi connectivity index (χ0v) is 15.6. The van der Waals surface area contributed by atoms with Gasteiger partial charge in [-0.1, -0.05) is 25.4 Å². The van der Waals surface area contributed by atoms with E-state index < -0.39 is 0 Å².